The highest BCUT2D eigenvalue weighted by Gasteiger charge is 2.41. The van der Waals surface area contributed by atoms with Gasteiger partial charge in [0, 0.05) is 37.5 Å². The molecule has 0 saturated carbocycles. The summed E-state index contributed by atoms with van der Waals surface area (Å²) in [5, 5.41) is 0.365. The lowest BCUT2D eigenvalue weighted by molar-refractivity contribution is -0.142. The molecular weight excluding hydrogens is 278 g/mol. The summed E-state index contributed by atoms with van der Waals surface area (Å²) in [6.07, 6.45) is 4.91. The Bertz CT molecular complexity index is 494. The van der Waals surface area contributed by atoms with Crippen molar-refractivity contribution in [3.8, 4) is 0 Å². The molecule has 3 heterocycles. The van der Waals surface area contributed by atoms with Gasteiger partial charge in [0.1, 0.15) is 5.15 Å². The highest BCUT2D eigenvalue weighted by atomic mass is 35.5. The number of hydrogen-bond donors (Lipinski definition) is 0. The second kappa shape index (κ2) is 5.80. The molecule has 4 nitrogen and oxygen atoms in total. The van der Waals surface area contributed by atoms with Crippen molar-refractivity contribution in [1.82, 2.24) is 4.98 Å². The fourth-order valence-electron chi connectivity index (χ4n) is 3.13. The van der Waals surface area contributed by atoms with Crippen molar-refractivity contribution < 1.29 is 14.3 Å². The maximum atomic E-state index is 12.6. The number of rotatable bonds is 2. The summed E-state index contributed by atoms with van der Waals surface area (Å²) >= 11 is 5.87. The lowest BCUT2D eigenvalue weighted by Crippen LogP contribution is -2.45. The lowest BCUT2D eigenvalue weighted by Gasteiger charge is -2.42. The number of carbonyl (C=O) groups is 1. The minimum absolute atomic E-state index is 0.0142. The molecular formula is C15H18ClNO3. The van der Waals surface area contributed by atoms with Crippen molar-refractivity contribution in [2.45, 2.75) is 31.3 Å². The third-order valence-corrected chi connectivity index (χ3v) is 4.49. The Labute approximate surface area is 123 Å². The number of aromatic nitrogens is 1. The van der Waals surface area contributed by atoms with Crippen LogP contribution in [0, 0.1) is 5.92 Å². The molecule has 108 valence electrons. The van der Waals surface area contributed by atoms with Crippen molar-refractivity contribution in [2.24, 2.45) is 5.92 Å². The van der Waals surface area contributed by atoms with Crippen molar-refractivity contribution >= 4 is 17.4 Å². The fraction of sp³-hybridized carbons (Fsp3) is 0.600. The number of ketones is 1. The number of pyridine rings is 1. The van der Waals surface area contributed by atoms with Gasteiger partial charge in [0.25, 0.3) is 0 Å². The van der Waals surface area contributed by atoms with Crippen LogP contribution in [0.1, 0.15) is 36.0 Å². The maximum absolute atomic E-state index is 12.6. The predicted octanol–water partition coefficient (Wildman–Crippen LogP) is 2.89. The first-order chi connectivity index (χ1) is 9.69. The van der Waals surface area contributed by atoms with Crippen LogP contribution in [0.15, 0.2) is 18.3 Å². The first-order valence-corrected chi connectivity index (χ1v) is 7.44. The van der Waals surface area contributed by atoms with Gasteiger partial charge in [-0.25, -0.2) is 4.98 Å². The molecule has 1 aromatic rings. The number of hydrogen-bond acceptors (Lipinski definition) is 4. The number of Topliss-reactive ketones (excluding diaryl/α,β-unsaturated/α-hetero) is 1. The normalized spacial score (nSPS) is 25.6. The first kappa shape index (κ1) is 14.0. The Morgan fingerprint density at radius 3 is 2.90 bits per heavy atom. The van der Waals surface area contributed by atoms with Crippen molar-refractivity contribution in [3.05, 3.63) is 29.0 Å². The SMILES string of the molecule is O=C(c1ccnc(Cl)c1)C1CCOC2(CCOCC2)C1. The molecule has 0 radical (unpaired) electrons. The molecule has 20 heavy (non-hydrogen) atoms. The summed E-state index contributed by atoms with van der Waals surface area (Å²) in [7, 11) is 0. The van der Waals surface area contributed by atoms with E-state index in [-0.39, 0.29) is 17.3 Å². The fourth-order valence-corrected chi connectivity index (χ4v) is 3.31. The van der Waals surface area contributed by atoms with Crippen LogP contribution in [0.25, 0.3) is 0 Å². The Morgan fingerprint density at radius 2 is 2.15 bits per heavy atom. The van der Waals surface area contributed by atoms with Crippen LogP contribution >= 0.6 is 11.6 Å². The second-order valence-corrected chi connectivity index (χ2v) is 5.95. The van der Waals surface area contributed by atoms with Gasteiger partial charge in [0.15, 0.2) is 5.78 Å². The lowest BCUT2D eigenvalue weighted by atomic mass is 9.78. The molecule has 0 aromatic carbocycles. The Hall–Kier alpha value is -0.970. The van der Waals surface area contributed by atoms with Crippen LogP contribution < -0.4 is 0 Å². The third-order valence-electron chi connectivity index (χ3n) is 4.28. The summed E-state index contributed by atoms with van der Waals surface area (Å²) in [5.41, 5.74) is 0.493. The number of ether oxygens (including phenoxy) is 2. The van der Waals surface area contributed by atoms with Gasteiger partial charge < -0.3 is 9.47 Å². The number of nitrogens with zero attached hydrogens (tertiary/aromatic N) is 1. The van der Waals surface area contributed by atoms with Gasteiger partial charge >= 0.3 is 0 Å². The van der Waals surface area contributed by atoms with Crippen LogP contribution in [0.4, 0.5) is 0 Å². The molecule has 1 atom stereocenters. The summed E-state index contributed by atoms with van der Waals surface area (Å²) < 4.78 is 11.4. The minimum Gasteiger partial charge on any atom is -0.381 e. The van der Waals surface area contributed by atoms with Gasteiger partial charge in [-0.3, -0.25) is 4.79 Å². The predicted molar refractivity (Wildman–Crippen MR) is 75.0 cm³/mol. The van der Waals surface area contributed by atoms with E-state index < -0.39 is 0 Å². The molecule has 1 aromatic heterocycles. The number of halogens is 1. The van der Waals surface area contributed by atoms with E-state index in [9.17, 15) is 4.79 Å². The standard InChI is InChI=1S/C15H18ClNO3/c16-13-9-11(1-5-17-13)14(18)12-2-6-20-15(10-12)3-7-19-8-4-15/h1,5,9,12H,2-4,6-8,10H2. The number of carbonyl (C=O) groups excluding carboxylic acids is 1. The van der Waals surface area contributed by atoms with Crippen LogP contribution in [0.3, 0.4) is 0 Å². The topological polar surface area (TPSA) is 48.4 Å². The van der Waals surface area contributed by atoms with Crippen molar-refractivity contribution in [3.63, 3.8) is 0 Å². The molecule has 2 saturated heterocycles. The molecule has 2 aliphatic heterocycles. The molecule has 5 heteroatoms. The summed E-state index contributed by atoms with van der Waals surface area (Å²) in [4.78, 5) is 16.5. The third kappa shape index (κ3) is 2.87. The van der Waals surface area contributed by atoms with Gasteiger partial charge in [-0.05, 0) is 37.8 Å². The van der Waals surface area contributed by atoms with Gasteiger partial charge in [0.2, 0.25) is 0 Å². The van der Waals surface area contributed by atoms with Crippen LogP contribution in [0.5, 0.6) is 0 Å². The van der Waals surface area contributed by atoms with E-state index in [1.54, 1.807) is 18.3 Å². The van der Waals surface area contributed by atoms with E-state index in [0.29, 0.717) is 17.3 Å². The van der Waals surface area contributed by atoms with Crippen LogP contribution in [-0.2, 0) is 9.47 Å². The van der Waals surface area contributed by atoms with E-state index in [2.05, 4.69) is 4.98 Å². The zero-order valence-corrected chi connectivity index (χ0v) is 12.1. The highest BCUT2D eigenvalue weighted by molar-refractivity contribution is 6.29. The molecule has 1 spiro atoms. The molecule has 2 fully saturated rings. The second-order valence-electron chi connectivity index (χ2n) is 5.57. The molecule has 1 unspecified atom stereocenters. The Kier molecular flexibility index (Phi) is 4.06. The summed E-state index contributed by atoms with van der Waals surface area (Å²) in [6.45, 7) is 2.10. The average Bonchev–Trinajstić information content (AvgIpc) is 2.47. The molecule has 0 aliphatic carbocycles. The largest absolute Gasteiger partial charge is 0.381 e. The van der Waals surface area contributed by atoms with Crippen LogP contribution in [-0.4, -0.2) is 36.2 Å². The molecule has 0 amide bonds. The molecule has 0 N–H and O–H groups in total. The smallest absolute Gasteiger partial charge is 0.166 e. The first-order valence-electron chi connectivity index (χ1n) is 7.06. The highest BCUT2D eigenvalue weighted by Crippen LogP contribution is 2.38. The van der Waals surface area contributed by atoms with E-state index in [1.165, 1.54) is 0 Å². The van der Waals surface area contributed by atoms with Gasteiger partial charge in [-0.15, -0.1) is 0 Å². The van der Waals surface area contributed by atoms with Gasteiger partial charge in [-0.1, -0.05) is 11.6 Å². The molecule has 0 bridgehead atoms. The van der Waals surface area contributed by atoms with E-state index in [4.69, 9.17) is 21.1 Å². The van der Waals surface area contributed by atoms with Gasteiger partial charge in [0.05, 0.1) is 5.60 Å². The monoisotopic (exact) mass is 295 g/mol. The van der Waals surface area contributed by atoms with Crippen molar-refractivity contribution in [2.75, 3.05) is 19.8 Å². The Morgan fingerprint density at radius 1 is 1.35 bits per heavy atom. The molecule has 2 aliphatic rings. The zero-order chi connectivity index (χ0) is 14.0. The zero-order valence-electron chi connectivity index (χ0n) is 11.3. The summed E-state index contributed by atoms with van der Waals surface area (Å²) in [6, 6.07) is 3.39. The average molecular weight is 296 g/mol. The minimum atomic E-state index is -0.159. The molecule has 3 rings (SSSR count). The van der Waals surface area contributed by atoms with E-state index >= 15 is 0 Å². The van der Waals surface area contributed by atoms with E-state index in [0.717, 1.165) is 38.9 Å². The quantitative estimate of drug-likeness (QED) is 0.622. The summed E-state index contributed by atoms with van der Waals surface area (Å²) in [5.74, 6) is 0.170. The maximum Gasteiger partial charge on any atom is 0.166 e. The van der Waals surface area contributed by atoms with E-state index in [1.807, 2.05) is 0 Å². The van der Waals surface area contributed by atoms with Crippen molar-refractivity contribution in [1.29, 1.82) is 0 Å². The Balaban J connectivity index is 1.74. The van der Waals surface area contributed by atoms with Crippen LogP contribution in [0.2, 0.25) is 5.15 Å². The van der Waals surface area contributed by atoms with Gasteiger partial charge in [-0.2, -0.15) is 0 Å².